The zero-order chi connectivity index (χ0) is 34.0. The molecular formula is C45H37N3OSi. The Morgan fingerprint density at radius 2 is 1.12 bits per heavy atom. The van der Waals surface area contributed by atoms with Gasteiger partial charge in [-0.05, 0) is 97.8 Å². The molecule has 0 unspecified atom stereocenters. The van der Waals surface area contributed by atoms with Crippen LogP contribution >= 0.6 is 0 Å². The fourth-order valence-electron chi connectivity index (χ4n) is 8.18. The van der Waals surface area contributed by atoms with Crippen molar-refractivity contribution in [1.82, 2.24) is 15.0 Å². The molecule has 0 radical (unpaired) electrons. The number of rotatable bonds is 4. The fraction of sp³-hybridized carbons (Fsp3) is 0.133. The van der Waals surface area contributed by atoms with E-state index < -0.39 is 8.07 Å². The van der Waals surface area contributed by atoms with Crippen LogP contribution in [0.1, 0.15) is 47.6 Å². The Morgan fingerprint density at radius 3 is 1.70 bits per heavy atom. The summed E-state index contributed by atoms with van der Waals surface area (Å²) < 4.78 is 6.71. The minimum atomic E-state index is -2.22. The quantitative estimate of drug-likeness (QED) is 0.176. The lowest BCUT2D eigenvalue weighted by Gasteiger charge is -2.40. The van der Waals surface area contributed by atoms with Crippen LogP contribution in [-0.2, 0) is 5.41 Å². The summed E-state index contributed by atoms with van der Waals surface area (Å²) in [5.41, 5.74) is 12.8. The van der Waals surface area contributed by atoms with Gasteiger partial charge in [-0.15, -0.1) is 0 Å². The van der Waals surface area contributed by atoms with Crippen LogP contribution in [-0.4, -0.2) is 23.0 Å². The van der Waals surface area contributed by atoms with Crippen LogP contribution in [0.4, 0.5) is 0 Å². The Hall–Kier alpha value is -5.65. The third-order valence-electron chi connectivity index (χ3n) is 10.8. The van der Waals surface area contributed by atoms with E-state index in [1.807, 2.05) is 24.5 Å². The number of ether oxygens (including phenoxy) is 1. The van der Waals surface area contributed by atoms with Gasteiger partial charge in [-0.2, -0.15) is 0 Å². The van der Waals surface area contributed by atoms with Crippen LogP contribution in [0.25, 0.3) is 33.6 Å². The van der Waals surface area contributed by atoms with E-state index in [-0.39, 0.29) is 11.3 Å². The second-order valence-corrected chi connectivity index (χ2v) is 18.9. The Balaban J connectivity index is 1.16. The molecule has 0 atom stereocenters. The van der Waals surface area contributed by atoms with E-state index in [0.29, 0.717) is 0 Å². The van der Waals surface area contributed by atoms with Gasteiger partial charge in [0.15, 0.2) is 0 Å². The van der Waals surface area contributed by atoms with Gasteiger partial charge in [0, 0.05) is 47.2 Å². The molecule has 0 spiro atoms. The molecule has 0 saturated carbocycles. The normalized spacial score (nSPS) is 15.2. The Morgan fingerprint density at radius 1 is 0.560 bits per heavy atom. The first-order chi connectivity index (χ1) is 24.3. The van der Waals surface area contributed by atoms with Crippen LogP contribution in [0.15, 0.2) is 146 Å². The van der Waals surface area contributed by atoms with Gasteiger partial charge in [0.2, 0.25) is 0 Å². The second kappa shape index (κ2) is 11.5. The monoisotopic (exact) mass is 663 g/mol. The number of aromatic nitrogens is 3. The first-order valence-corrected chi connectivity index (χ1v) is 20.3. The van der Waals surface area contributed by atoms with Crippen molar-refractivity contribution in [1.29, 1.82) is 0 Å². The molecule has 7 aromatic rings. The molecule has 4 heterocycles. The lowest BCUT2D eigenvalue weighted by Crippen LogP contribution is -2.56. The van der Waals surface area contributed by atoms with Crippen molar-refractivity contribution in [3.8, 4) is 45.1 Å². The minimum Gasteiger partial charge on any atom is -0.458 e. The zero-order valence-electron chi connectivity index (χ0n) is 28.7. The van der Waals surface area contributed by atoms with E-state index >= 15 is 0 Å². The lowest BCUT2D eigenvalue weighted by molar-refractivity contribution is 0.486. The van der Waals surface area contributed by atoms with Crippen molar-refractivity contribution in [2.75, 3.05) is 0 Å². The molecule has 4 aromatic carbocycles. The smallest absolute Gasteiger partial charge is 0.127 e. The summed E-state index contributed by atoms with van der Waals surface area (Å²) in [6.45, 7) is 9.63. The molecule has 0 amide bonds. The highest BCUT2D eigenvalue weighted by Gasteiger charge is 2.40. The van der Waals surface area contributed by atoms with Gasteiger partial charge in [0.05, 0.1) is 11.4 Å². The van der Waals surface area contributed by atoms with E-state index in [2.05, 4.69) is 146 Å². The summed E-state index contributed by atoms with van der Waals surface area (Å²) in [5, 5.41) is 2.63. The molecule has 4 nitrogen and oxygen atoms in total. The molecule has 242 valence electrons. The van der Waals surface area contributed by atoms with Crippen LogP contribution < -0.4 is 15.1 Å². The number of hydrogen-bond donors (Lipinski definition) is 0. The average Bonchev–Trinajstić information content (AvgIpc) is 3.16. The number of fused-ring (bicyclic) bond motifs is 4. The van der Waals surface area contributed by atoms with Gasteiger partial charge in [-0.25, -0.2) is 4.98 Å². The van der Waals surface area contributed by atoms with Gasteiger partial charge >= 0.3 is 0 Å². The molecule has 0 bridgehead atoms. The topological polar surface area (TPSA) is 47.9 Å². The first-order valence-electron chi connectivity index (χ1n) is 17.3. The van der Waals surface area contributed by atoms with E-state index in [9.17, 15) is 0 Å². The Labute approximate surface area is 294 Å². The number of benzene rings is 4. The van der Waals surface area contributed by atoms with Crippen LogP contribution in [0.5, 0.6) is 11.5 Å². The highest BCUT2D eigenvalue weighted by Crippen LogP contribution is 2.49. The Kier molecular flexibility index (Phi) is 6.97. The van der Waals surface area contributed by atoms with Crippen molar-refractivity contribution in [3.05, 3.63) is 174 Å². The molecular weight excluding hydrogens is 627 g/mol. The van der Waals surface area contributed by atoms with Gasteiger partial charge < -0.3 is 4.74 Å². The molecule has 1 aliphatic heterocycles. The standard InChI is InChI=1S/C45H37N3OSi/c1-45(2)36-15-7-5-13-34(36)44(35-14-6-8-16-37(35)45)30-18-20-41-43(26-30)50(3,4)42-25-29(17-19-40(42)49-41)33-23-38(31-11-9-21-46-27-31)48-39(24-33)32-12-10-22-47-28-32/h5-28,44H,1-4H3. The predicted octanol–water partition coefficient (Wildman–Crippen LogP) is 9.62. The molecule has 0 saturated heterocycles. The maximum absolute atomic E-state index is 6.71. The average molecular weight is 664 g/mol. The summed E-state index contributed by atoms with van der Waals surface area (Å²) in [6.07, 6.45) is 7.33. The second-order valence-electron chi connectivity index (χ2n) is 14.5. The van der Waals surface area contributed by atoms with Crippen LogP contribution in [0.3, 0.4) is 0 Å². The van der Waals surface area contributed by atoms with Crippen molar-refractivity contribution >= 4 is 18.4 Å². The predicted molar refractivity (Wildman–Crippen MR) is 205 cm³/mol. The SMILES string of the molecule is CC1(C)c2ccccc2C(c2ccc3c(c2)[Si](C)(C)c2cc(-c4cc(-c5cccnc5)nc(-c5cccnc5)c4)ccc2O3)c2ccccc21. The highest BCUT2D eigenvalue weighted by molar-refractivity contribution is 7.01. The third-order valence-corrected chi connectivity index (χ3v) is 14.3. The van der Waals surface area contributed by atoms with E-state index in [1.54, 1.807) is 12.4 Å². The van der Waals surface area contributed by atoms with Crippen molar-refractivity contribution in [2.45, 2.75) is 38.3 Å². The largest absolute Gasteiger partial charge is 0.458 e. The third kappa shape index (κ3) is 4.84. The van der Waals surface area contributed by atoms with Crippen molar-refractivity contribution in [3.63, 3.8) is 0 Å². The molecule has 9 rings (SSSR count). The Bertz CT molecular complexity index is 2310. The highest BCUT2D eigenvalue weighted by atomic mass is 28.3. The minimum absolute atomic E-state index is 0.0644. The maximum atomic E-state index is 6.71. The lowest BCUT2D eigenvalue weighted by atomic mass is 9.64. The fourth-order valence-corrected chi connectivity index (χ4v) is 11.0. The van der Waals surface area contributed by atoms with E-state index in [4.69, 9.17) is 9.72 Å². The number of pyridine rings is 3. The zero-order valence-corrected chi connectivity index (χ0v) is 29.7. The van der Waals surface area contributed by atoms with Crippen LogP contribution in [0, 0.1) is 0 Å². The summed E-state index contributed by atoms with van der Waals surface area (Å²) >= 11 is 0. The van der Waals surface area contributed by atoms with Gasteiger partial charge in [0.25, 0.3) is 0 Å². The van der Waals surface area contributed by atoms with E-state index in [0.717, 1.165) is 45.1 Å². The maximum Gasteiger partial charge on any atom is 0.127 e. The van der Waals surface area contributed by atoms with E-state index in [1.165, 1.54) is 38.2 Å². The summed E-state index contributed by atoms with van der Waals surface area (Å²) in [5.74, 6) is 2.09. The van der Waals surface area contributed by atoms with Crippen molar-refractivity contribution in [2.24, 2.45) is 0 Å². The molecule has 2 aliphatic rings. The van der Waals surface area contributed by atoms with Gasteiger partial charge in [-0.3, -0.25) is 9.97 Å². The molecule has 0 N–H and O–H groups in total. The molecule has 1 aliphatic carbocycles. The summed E-state index contributed by atoms with van der Waals surface area (Å²) in [6, 6.07) is 44.0. The van der Waals surface area contributed by atoms with Crippen molar-refractivity contribution < 1.29 is 4.74 Å². The number of hydrogen-bond acceptors (Lipinski definition) is 4. The summed E-state index contributed by atoms with van der Waals surface area (Å²) in [4.78, 5) is 13.8. The number of nitrogens with zero attached hydrogens (tertiary/aromatic N) is 3. The van der Waals surface area contributed by atoms with Gasteiger partial charge in [0.1, 0.15) is 19.6 Å². The molecule has 5 heteroatoms. The molecule has 0 fully saturated rings. The first kappa shape index (κ1) is 30.4. The molecule has 3 aromatic heterocycles. The molecule has 50 heavy (non-hydrogen) atoms. The summed E-state index contributed by atoms with van der Waals surface area (Å²) in [7, 11) is -2.22. The van der Waals surface area contributed by atoms with Crippen LogP contribution in [0.2, 0.25) is 13.1 Å². The van der Waals surface area contributed by atoms with Gasteiger partial charge in [-0.1, -0.05) is 99.7 Å².